The number of furan rings is 1. The summed E-state index contributed by atoms with van der Waals surface area (Å²) in [5, 5.41) is 1.13. The van der Waals surface area contributed by atoms with Crippen LogP contribution in [0.1, 0.15) is 5.56 Å². The van der Waals surface area contributed by atoms with Gasteiger partial charge < -0.3 is 4.42 Å². The Morgan fingerprint density at radius 3 is 2.50 bits per heavy atom. The van der Waals surface area contributed by atoms with Gasteiger partial charge in [-0.3, -0.25) is 0 Å². The van der Waals surface area contributed by atoms with Crippen LogP contribution in [0.25, 0.3) is 22.3 Å². The van der Waals surface area contributed by atoms with E-state index < -0.39 is 0 Å². The van der Waals surface area contributed by atoms with E-state index in [4.69, 9.17) is 4.42 Å². The molecule has 2 aromatic carbocycles. The van der Waals surface area contributed by atoms with Crippen LogP contribution in [-0.2, 0) is 0 Å². The van der Waals surface area contributed by atoms with Crippen molar-refractivity contribution in [2.45, 2.75) is 11.8 Å². The molecular formula is C16H12FIOS. The maximum Gasteiger partial charge on any atom is 0.148 e. The van der Waals surface area contributed by atoms with E-state index in [-0.39, 0.29) is 5.82 Å². The van der Waals surface area contributed by atoms with Crippen LogP contribution in [0.5, 0.6) is 0 Å². The molecule has 0 saturated carbocycles. The molecule has 0 atom stereocenters. The molecule has 1 heterocycles. The lowest BCUT2D eigenvalue weighted by Gasteiger charge is -2.00. The Bertz CT molecular complexity index is 777. The topological polar surface area (TPSA) is 13.1 Å². The minimum atomic E-state index is -0.235. The molecule has 3 aromatic rings. The van der Waals surface area contributed by atoms with Crippen molar-refractivity contribution < 1.29 is 8.81 Å². The molecule has 20 heavy (non-hydrogen) atoms. The summed E-state index contributed by atoms with van der Waals surface area (Å²) in [4.78, 5) is 1.10. The van der Waals surface area contributed by atoms with Gasteiger partial charge in [0, 0.05) is 14.5 Å². The zero-order valence-electron chi connectivity index (χ0n) is 11.0. The van der Waals surface area contributed by atoms with Gasteiger partial charge in [0.1, 0.15) is 17.2 Å². The maximum atomic E-state index is 13.1. The molecule has 0 N–H and O–H groups in total. The predicted octanol–water partition coefficient (Wildman–Crippen LogP) is 5.87. The van der Waals surface area contributed by atoms with Gasteiger partial charge in [-0.25, -0.2) is 4.39 Å². The fraction of sp³-hybridized carbons (Fsp3) is 0.125. The molecule has 0 unspecified atom stereocenters. The van der Waals surface area contributed by atoms with Crippen LogP contribution in [0.3, 0.4) is 0 Å². The average molecular weight is 398 g/mol. The molecule has 0 aliphatic heterocycles. The molecule has 102 valence electrons. The van der Waals surface area contributed by atoms with Gasteiger partial charge >= 0.3 is 0 Å². The molecule has 1 nitrogen and oxygen atoms in total. The Morgan fingerprint density at radius 1 is 1.15 bits per heavy atom. The summed E-state index contributed by atoms with van der Waals surface area (Å²) in [5.74, 6) is 0.582. The van der Waals surface area contributed by atoms with Crippen molar-refractivity contribution in [3.63, 3.8) is 0 Å². The fourth-order valence-electron chi connectivity index (χ4n) is 2.30. The normalized spacial score (nSPS) is 11.2. The number of rotatable bonds is 2. The Hall–Kier alpha value is -1.01. The van der Waals surface area contributed by atoms with Crippen LogP contribution in [0.2, 0.25) is 0 Å². The first kappa shape index (κ1) is 13.9. The quantitative estimate of drug-likeness (QED) is 0.396. The van der Waals surface area contributed by atoms with Gasteiger partial charge in [-0.05, 0) is 77.7 Å². The van der Waals surface area contributed by atoms with Crippen LogP contribution in [-0.4, -0.2) is 6.26 Å². The maximum absolute atomic E-state index is 13.1. The summed E-state index contributed by atoms with van der Waals surface area (Å²) in [6.45, 7) is 2.05. The number of fused-ring (bicyclic) bond motifs is 1. The van der Waals surface area contributed by atoms with Crippen molar-refractivity contribution in [3.05, 3.63) is 51.3 Å². The van der Waals surface area contributed by atoms with E-state index in [1.165, 1.54) is 15.7 Å². The smallest absolute Gasteiger partial charge is 0.148 e. The van der Waals surface area contributed by atoms with E-state index in [0.29, 0.717) is 0 Å². The second-order valence-electron chi connectivity index (χ2n) is 4.57. The zero-order valence-corrected chi connectivity index (χ0v) is 14.0. The number of benzene rings is 2. The highest BCUT2D eigenvalue weighted by Crippen LogP contribution is 2.41. The van der Waals surface area contributed by atoms with Gasteiger partial charge in [-0.1, -0.05) is 0 Å². The third-order valence-corrected chi connectivity index (χ3v) is 4.64. The summed E-state index contributed by atoms with van der Waals surface area (Å²) in [6.07, 6.45) is 2.03. The first-order valence-electron chi connectivity index (χ1n) is 6.12. The van der Waals surface area contributed by atoms with Crippen LogP contribution in [0, 0.1) is 16.3 Å². The Morgan fingerprint density at radius 2 is 1.85 bits per heavy atom. The third kappa shape index (κ3) is 2.35. The third-order valence-electron chi connectivity index (χ3n) is 3.20. The first-order chi connectivity index (χ1) is 9.60. The number of thioether (sulfide) groups is 1. The van der Waals surface area contributed by atoms with E-state index in [2.05, 4.69) is 34.7 Å². The molecule has 4 heteroatoms. The Kier molecular flexibility index (Phi) is 3.77. The minimum Gasteiger partial charge on any atom is -0.455 e. The molecule has 0 fully saturated rings. The van der Waals surface area contributed by atoms with Gasteiger partial charge in [0.2, 0.25) is 0 Å². The second kappa shape index (κ2) is 5.41. The molecule has 0 aliphatic carbocycles. The fourth-order valence-corrected chi connectivity index (χ4v) is 3.79. The van der Waals surface area contributed by atoms with Crippen molar-refractivity contribution >= 4 is 45.3 Å². The predicted molar refractivity (Wildman–Crippen MR) is 90.8 cm³/mol. The lowest BCUT2D eigenvalue weighted by Crippen LogP contribution is -1.79. The van der Waals surface area contributed by atoms with E-state index >= 15 is 0 Å². The monoisotopic (exact) mass is 398 g/mol. The van der Waals surface area contributed by atoms with E-state index in [1.807, 2.05) is 13.2 Å². The summed E-state index contributed by atoms with van der Waals surface area (Å²) in [6, 6.07) is 10.7. The van der Waals surface area contributed by atoms with E-state index in [1.54, 1.807) is 23.9 Å². The van der Waals surface area contributed by atoms with E-state index in [9.17, 15) is 4.39 Å². The minimum absolute atomic E-state index is 0.235. The lowest BCUT2D eigenvalue weighted by atomic mass is 10.1. The number of halogens is 2. The standard InChI is InChI=1S/C16H12FIOS/c1-9-7-12(18)8-13-14(9)19-15(16(13)20-2)10-3-5-11(17)6-4-10/h3-8H,1-2H3. The van der Waals surface area contributed by atoms with Gasteiger partial charge in [-0.15, -0.1) is 11.8 Å². The van der Waals surface area contributed by atoms with Gasteiger partial charge in [-0.2, -0.15) is 0 Å². The SMILES string of the molecule is CSc1c(-c2ccc(F)cc2)oc2c(C)cc(I)cc12. The molecule has 0 saturated heterocycles. The molecule has 0 aliphatic rings. The van der Waals surface area contributed by atoms with Crippen molar-refractivity contribution in [3.8, 4) is 11.3 Å². The lowest BCUT2D eigenvalue weighted by molar-refractivity contribution is 0.618. The highest BCUT2D eigenvalue weighted by Gasteiger charge is 2.17. The summed E-state index contributed by atoms with van der Waals surface area (Å²) in [7, 11) is 0. The summed E-state index contributed by atoms with van der Waals surface area (Å²) in [5.41, 5.74) is 2.94. The van der Waals surface area contributed by atoms with Crippen LogP contribution in [0.4, 0.5) is 4.39 Å². The highest BCUT2D eigenvalue weighted by atomic mass is 127. The first-order valence-corrected chi connectivity index (χ1v) is 8.43. The highest BCUT2D eigenvalue weighted by molar-refractivity contribution is 14.1. The van der Waals surface area contributed by atoms with Gasteiger partial charge in [0.25, 0.3) is 0 Å². The van der Waals surface area contributed by atoms with Crippen LogP contribution in [0.15, 0.2) is 45.7 Å². The zero-order chi connectivity index (χ0) is 14.3. The van der Waals surface area contributed by atoms with Crippen molar-refractivity contribution in [2.75, 3.05) is 6.26 Å². The molecule has 3 rings (SSSR count). The second-order valence-corrected chi connectivity index (χ2v) is 6.63. The largest absolute Gasteiger partial charge is 0.455 e. The summed E-state index contributed by atoms with van der Waals surface area (Å²) < 4.78 is 20.3. The van der Waals surface area contributed by atoms with Gasteiger partial charge in [0.15, 0.2) is 0 Å². The molecule has 0 amide bonds. The Balaban J connectivity index is 2.30. The van der Waals surface area contributed by atoms with Crippen LogP contribution < -0.4 is 0 Å². The average Bonchev–Trinajstić information content (AvgIpc) is 2.78. The van der Waals surface area contributed by atoms with Crippen molar-refractivity contribution in [2.24, 2.45) is 0 Å². The molecule has 0 bridgehead atoms. The van der Waals surface area contributed by atoms with Crippen molar-refractivity contribution in [1.82, 2.24) is 0 Å². The molecule has 0 radical (unpaired) electrons. The van der Waals surface area contributed by atoms with Crippen LogP contribution >= 0.6 is 34.4 Å². The Labute approximate surface area is 134 Å². The number of aryl methyl sites for hydroxylation is 1. The van der Waals surface area contributed by atoms with E-state index in [0.717, 1.165) is 32.8 Å². The van der Waals surface area contributed by atoms with Gasteiger partial charge in [0.05, 0.1) is 4.90 Å². The number of hydrogen-bond acceptors (Lipinski definition) is 2. The molecular weight excluding hydrogens is 386 g/mol. The number of hydrogen-bond donors (Lipinski definition) is 0. The summed E-state index contributed by atoms with van der Waals surface area (Å²) >= 11 is 3.97. The molecule has 1 aromatic heterocycles. The molecule has 0 spiro atoms. The van der Waals surface area contributed by atoms with Crippen molar-refractivity contribution in [1.29, 1.82) is 0 Å².